The van der Waals surface area contributed by atoms with Gasteiger partial charge in [-0.15, -0.1) is 0 Å². The number of rotatable bonds is 8. The Morgan fingerprint density at radius 3 is 2.48 bits per heavy atom. The lowest BCUT2D eigenvalue weighted by atomic mass is 9.93. The lowest BCUT2D eigenvalue weighted by molar-refractivity contribution is 0.343. The minimum Gasteiger partial charge on any atom is -0.493 e. The number of piperidine rings is 1. The van der Waals surface area contributed by atoms with Crippen molar-refractivity contribution < 1.29 is 17.9 Å². The van der Waals surface area contributed by atoms with Crippen LogP contribution in [0.4, 0.5) is 5.82 Å². The van der Waals surface area contributed by atoms with Crippen LogP contribution in [0.5, 0.6) is 11.5 Å². The predicted octanol–water partition coefficient (Wildman–Crippen LogP) is 2.25. The minimum absolute atomic E-state index is 0.505. The van der Waals surface area contributed by atoms with Gasteiger partial charge >= 0.3 is 0 Å². The Labute approximate surface area is 173 Å². The number of nitrogens with one attached hydrogen (secondary N) is 1. The minimum atomic E-state index is -3.35. The van der Waals surface area contributed by atoms with E-state index >= 15 is 0 Å². The SMILES string of the molecule is CNS(=O)(=O)N(C)CCC1CCN(c2nccc3cc(OC)c(OC)cc23)CC1. The van der Waals surface area contributed by atoms with Crippen molar-refractivity contribution in [1.29, 1.82) is 0 Å². The summed E-state index contributed by atoms with van der Waals surface area (Å²) < 4.78 is 38.2. The van der Waals surface area contributed by atoms with Gasteiger partial charge in [-0.2, -0.15) is 12.7 Å². The Kier molecular flexibility index (Phi) is 6.81. The average Bonchev–Trinajstić information content (AvgIpc) is 2.76. The maximum atomic E-state index is 11.8. The average molecular weight is 423 g/mol. The standard InChI is InChI=1S/C20H30N4O4S/c1-21-29(25,26)23(2)10-6-15-7-11-24(12-8-15)20-17-14-19(28-4)18(27-3)13-16(17)5-9-22-20/h5,9,13-15,21H,6-8,10-12H2,1-4H3. The van der Waals surface area contributed by atoms with E-state index in [9.17, 15) is 8.42 Å². The number of hydrogen-bond acceptors (Lipinski definition) is 6. The van der Waals surface area contributed by atoms with Gasteiger partial charge in [-0.05, 0) is 48.8 Å². The highest BCUT2D eigenvalue weighted by atomic mass is 32.2. The Balaban J connectivity index is 1.69. The largest absolute Gasteiger partial charge is 0.493 e. The van der Waals surface area contributed by atoms with E-state index in [-0.39, 0.29) is 0 Å². The van der Waals surface area contributed by atoms with Crippen LogP contribution >= 0.6 is 0 Å². The highest BCUT2D eigenvalue weighted by Gasteiger charge is 2.24. The van der Waals surface area contributed by atoms with Crippen molar-refractivity contribution in [3.63, 3.8) is 0 Å². The second-order valence-electron chi connectivity index (χ2n) is 7.31. The van der Waals surface area contributed by atoms with E-state index in [1.54, 1.807) is 21.3 Å². The summed E-state index contributed by atoms with van der Waals surface area (Å²) in [4.78, 5) is 6.94. The third kappa shape index (κ3) is 4.73. The highest BCUT2D eigenvalue weighted by molar-refractivity contribution is 7.87. The molecule has 1 aromatic carbocycles. The Morgan fingerprint density at radius 2 is 1.86 bits per heavy atom. The molecule has 0 aliphatic carbocycles. The Bertz CT molecular complexity index is 943. The second-order valence-corrected chi connectivity index (χ2v) is 9.29. The lowest BCUT2D eigenvalue weighted by Gasteiger charge is -2.34. The van der Waals surface area contributed by atoms with Gasteiger partial charge in [0.05, 0.1) is 14.2 Å². The third-order valence-electron chi connectivity index (χ3n) is 5.68. The summed E-state index contributed by atoms with van der Waals surface area (Å²) in [5.74, 6) is 2.86. The van der Waals surface area contributed by atoms with Crippen molar-refractivity contribution in [2.24, 2.45) is 5.92 Å². The number of hydrogen-bond donors (Lipinski definition) is 1. The van der Waals surface area contributed by atoms with Gasteiger partial charge in [-0.25, -0.2) is 9.71 Å². The topological polar surface area (TPSA) is 84.0 Å². The summed E-state index contributed by atoms with van der Waals surface area (Å²) in [7, 11) is 2.97. The monoisotopic (exact) mass is 422 g/mol. The van der Waals surface area contributed by atoms with Crippen LogP contribution in [0.2, 0.25) is 0 Å². The molecule has 0 unspecified atom stereocenters. The first-order chi connectivity index (χ1) is 13.9. The number of benzene rings is 1. The smallest absolute Gasteiger partial charge is 0.278 e. The van der Waals surface area contributed by atoms with E-state index in [1.807, 2.05) is 24.4 Å². The summed E-state index contributed by atoms with van der Waals surface area (Å²) in [5.41, 5.74) is 0. The first kappa shape index (κ1) is 21.6. The first-order valence-electron chi connectivity index (χ1n) is 9.80. The number of fused-ring (bicyclic) bond motifs is 1. The molecule has 0 saturated carbocycles. The zero-order chi connectivity index (χ0) is 21.0. The molecule has 0 atom stereocenters. The highest BCUT2D eigenvalue weighted by Crippen LogP contribution is 2.36. The zero-order valence-corrected chi connectivity index (χ0v) is 18.3. The molecule has 1 aliphatic heterocycles. The number of ether oxygens (including phenoxy) is 2. The normalized spacial score (nSPS) is 15.8. The summed E-state index contributed by atoms with van der Waals surface area (Å²) >= 11 is 0. The maximum Gasteiger partial charge on any atom is 0.278 e. The van der Waals surface area contributed by atoms with Crippen LogP contribution in [0, 0.1) is 5.92 Å². The van der Waals surface area contributed by atoms with Crippen molar-refractivity contribution in [1.82, 2.24) is 14.0 Å². The molecular formula is C20H30N4O4S. The molecule has 1 fully saturated rings. The van der Waals surface area contributed by atoms with Gasteiger partial charge < -0.3 is 14.4 Å². The molecule has 29 heavy (non-hydrogen) atoms. The molecule has 0 radical (unpaired) electrons. The number of methoxy groups -OCH3 is 2. The van der Waals surface area contributed by atoms with Gasteiger partial charge in [0.2, 0.25) is 0 Å². The molecule has 0 amide bonds. The van der Waals surface area contributed by atoms with Gasteiger partial charge in [0.1, 0.15) is 5.82 Å². The van der Waals surface area contributed by atoms with E-state index in [4.69, 9.17) is 9.47 Å². The molecule has 0 bridgehead atoms. The van der Waals surface area contributed by atoms with Crippen LogP contribution in [-0.2, 0) is 10.2 Å². The van der Waals surface area contributed by atoms with Crippen LogP contribution in [0.15, 0.2) is 24.4 Å². The summed E-state index contributed by atoms with van der Waals surface area (Å²) in [5, 5.41) is 2.11. The van der Waals surface area contributed by atoms with Crippen molar-refractivity contribution in [2.45, 2.75) is 19.3 Å². The van der Waals surface area contributed by atoms with Crippen LogP contribution < -0.4 is 19.1 Å². The van der Waals surface area contributed by atoms with Crippen LogP contribution in [0.1, 0.15) is 19.3 Å². The summed E-state index contributed by atoms with van der Waals surface area (Å²) in [6, 6.07) is 5.94. The van der Waals surface area contributed by atoms with E-state index in [2.05, 4.69) is 14.6 Å². The van der Waals surface area contributed by atoms with Crippen LogP contribution in [0.25, 0.3) is 10.8 Å². The fraction of sp³-hybridized carbons (Fsp3) is 0.550. The van der Waals surface area contributed by atoms with Crippen LogP contribution in [-0.4, -0.2) is 65.7 Å². The van der Waals surface area contributed by atoms with Gasteiger partial charge in [0.15, 0.2) is 11.5 Å². The van der Waals surface area contributed by atoms with Crippen LogP contribution in [0.3, 0.4) is 0 Å². The molecule has 9 heteroatoms. The zero-order valence-electron chi connectivity index (χ0n) is 17.5. The van der Waals surface area contributed by atoms with Gasteiger partial charge in [-0.1, -0.05) is 0 Å². The van der Waals surface area contributed by atoms with Crippen molar-refractivity contribution in [3.05, 3.63) is 24.4 Å². The molecule has 2 heterocycles. The van der Waals surface area contributed by atoms with Crippen molar-refractivity contribution in [3.8, 4) is 11.5 Å². The van der Waals surface area contributed by atoms with Crippen molar-refractivity contribution >= 4 is 26.8 Å². The Hall–Kier alpha value is -2.10. The molecule has 8 nitrogen and oxygen atoms in total. The molecule has 1 saturated heterocycles. The molecule has 1 aliphatic rings. The molecule has 160 valence electrons. The molecular weight excluding hydrogens is 392 g/mol. The first-order valence-corrected chi connectivity index (χ1v) is 11.2. The second kappa shape index (κ2) is 9.15. The fourth-order valence-electron chi connectivity index (χ4n) is 3.81. The number of nitrogens with zero attached hydrogens (tertiary/aromatic N) is 3. The summed E-state index contributed by atoms with van der Waals surface area (Å²) in [6.45, 7) is 2.32. The molecule has 3 rings (SSSR count). The van der Waals surface area contributed by atoms with E-state index in [0.29, 0.717) is 24.0 Å². The maximum absolute atomic E-state index is 11.8. The van der Waals surface area contributed by atoms with E-state index in [1.165, 1.54) is 11.4 Å². The molecule has 1 aromatic heterocycles. The van der Waals surface area contributed by atoms with Crippen molar-refractivity contribution in [2.75, 3.05) is 52.8 Å². The molecule has 0 spiro atoms. The lowest BCUT2D eigenvalue weighted by Crippen LogP contribution is -2.39. The Morgan fingerprint density at radius 1 is 1.21 bits per heavy atom. The number of pyridine rings is 1. The van der Waals surface area contributed by atoms with Gasteiger partial charge in [0, 0.05) is 45.3 Å². The van der Waals surface area contributed by atoms with E-state index < -0.39 is 10.2 Å². The summed E-state index contributed by atoms with van der Waals surface area (Å²) in [6.07, 6.45) is 4.71. The van der Waals surface area contributed by atoms with Gasteiger partial charge in [-0.3, -0.25) is 0 Å². The fourth-order valence-corrected chi connectivity index (χ4v) is 4.47. The quantitative estimate of drug-likeness (QED) is 0.703. The third-order valence-corrected chi connectivity index (χ3v) is 7.20. The predicted molar refractivity (Wildman–Crippen MR) is 115 cm³/mol. The van der Waals surface area contributed by atoms with E-state index in [0.717, 1.165) is 48.9 Å². The molecule has 2 aromatic rings. The van der Waals surface area contributed by atoms with Gasteiger partial charge in [0.25, 0.3) is 10.2 Å². The number of aromatic nitrogens is 1. The number of anilines is 1. The molecule has 1 N–H and O–H groups in total.